The first kappa shape index (κ1) is 24.3. The summed E-state index contributed by atoms with van der Waals surface area (Å²) in [4.78, 5) is 46.7. The van der Waals surface area contributed by atoms with E-state index in [1.54, 1.807) is 16.7 Å². The van der Waals surface area contributed by atoms with Gasteiger partial charge in [0.05, 0.1) is 6.20 Å². The first-order valence-electron chi connectivity index (χ1n) is 10.7. The van der Waals surface area contributed by atoms with Crippen molar-refractivity contribution in [3.63, 3.8) is 0 Å². The number of nitrogen functional groups attached to an aromatic ring is 1. The predicted octanol–water partition coefficient (Wildman–Crippen LogP) is 3.02. The fourth-order valence-electron chi connectivity index (χ4n) is 3.52. The van der Waals surface area contributed by atoms with Crippen LogP contribution in [0, 0.1) is 5.82 Å². The quantitative estimate of drug-likeness (QED) is 0.460. The van der Waals surface area contributed by atoms with Crippen LogP contribution in [-0.4, -0.2) is 37.8 Å². The average molecular weight is 475 g/mol. The number of hydrogen-bond donors (Lipinski definition) is 2. The normalized spacial score (nSPS) is 11.0. The number of hydrogen-bond acceptors (Lipinski definition) is 6. The molecule has 3 N–H and O–H groups in total. The number of anilines is 2. The molecule has 9 nitrogen and oxygen atoms in total. The Kier molecular flexibility index (Phi) is 7.75. The van der Waals surface area contributed by atoms with Gasteiger partial charge in [-0.3, -0.25) is 28.6 Å². The van der Waals surface area contributed by atoms with Gasteiger partial charge in [0, 0.05) is 18.8 Å². The van der Waals surface area contributed by atoms with Crippen molar-refractivity contribution in [1.82, 2.24) is 19.1 Å². The van der Waals surface area contributed by atoms with Gasteiger partial charge in [-0.1, -0.05) is 32.0 Å². The number of imidazole rings is 1. The van der Waals surface area contributed by atoms with E-state index in [1.165, 1.54) is 39.6 Å². The standard InChI is InChI=1S/C22H27FN6O3S/c1-4-6-12-28-18(24)17(19(30)26-21(28)32)27(11-5-2)20(31)16-13-25-22(33-3)29(16)15-9-7-14(23)8-10-15/h7-10,13H,4-6,11-12,24H2,1-3H3,(H,26,30,32). The number of carbonyl (C=O) groups excluding carboxylic acids is 1. The molecule has 2 heterocycles. The van der Waals surface area contributed by atoms with E-state index in [1.807, 2.05) is 20.1 Å². The van der Waals surface area contributed by atoms with Crippen molar-refractivity contribution >= 4 is 29.2 Å². The minimum Gasteiger partial charge on any atom is -0.383 e. The lowest BCUT2D eigenvalue weighted by atomic mass is 10.2. The number of nitrogens with one attached hydrogen (secondary N) is 1. The Hall–Kier alpha value is -3.34. The van der Waals surface area contributed by atoms with Crippen LogP contribution in [0.15, 0.2) is 45.2 Å². The number of aromatic nitrogens is 4. The lowest BCUT2D eigenvalue weighted by Crippen LogP contribution is -2.42. The molecule has 33 heavy (non-hydrogen) atoms. The van der Waals surface area contributed by atoms with E-state index in [4.69, 9.17) is 5.73 Å². The molecule has 2 aromatic heterocycles. The van der Waals surface area contributed by atoms with Crippen LogP contribution in [0.1, 0.15) is 43.6 Å². The molecule has 0 atom stereocenters. The molecule has 3 rings (SSSR count). The van der Waals surface area contributed by atoms with Crippen molar-refractivity contribution in [1.29, 1.82) is 0 Å². The Balaban J connectivity index is 2.16. The van der Waals surface area contributed by atoms with Crippen LogP contribution in [-0.2, 0) is 6.54 Å². The smallest absolute Gasteiger partial charge is 0.330 e. The highest BCUT2D eigenvalue weighted by Crippen LogP contribution is 2.26. The molecular formula is C22H27FN6O3S. The van der Waals surface area contributed by atoms with E-state index in [2.05, 4.69) is 9.97 Å². The molecule has 0 saturated carbocycles. The van der Waals surface area contributed by atoms with Crippen molar-refractivity contribution in [3.05, 3.63) is 62.8 Å². The summed E-state index contributed by atoms with van der Waals surface area (Å²) in [5.74, 6) is -0.970. The molecule has 0 bridgehead atoms. The number of thioether (sulfide) groups is 1. The van der Waals surface area contributed by atoms with Crippen LogP contribution in [0.5, 0.6) is 0 Å². The Bertz CT molecular complexity index is 1250. The zero-order valence-electron chi connectivity index (χ0n) is 18.8. The molecule has 0 fully saturated rings. The molecule has 1 amide bonds. The van der Waals surface area contributed by atoms with E-state index >= 15 is 0 Å². The second-order valence-corrected chi connectivity index (χ2v) is 8.17. The van der Waals surface area contributed by atoms with Crippen LogP contribution < -0.4 is 21.9 Å². The van der Waals surface area contributed by atoms with Crippen LogP contribution in [0.4, 0.5) is 15.9 Å². The molecule has 0 spiro atoms. The summed E-state index contributed by atoms with van der Waals surface area (Å²) in [6.07, 6.45) is 5.28. The van der Waals surface area contributed by atoms with Gasteiger partial charge in [-0.15, -0.1) is 0 Å². The summed E-state index contributed by atoms with van der Waals surface area (Å²) < 4.78 is 16.4. The second-order valence-electron chi connectivity index (χ2n) is 7.40. The number of rotatable bonds is 9. The molecule has 1 aromatic carbocycles. The van der Waals surface area contributed by atoms with Gasteiger partial charge in [0.1, 0.15) is 17.3 Å². The summed E-state index contributed by atoms with van der Waals surface area (Å²) >= 11 is 1.32. The lowest BCUT2D eigenvalue weighted by Gasteiger charge is -2.24. The van der Waals surface area contributed by atoms with Gasteiger partial charge in [0.15, 0.2) is 10.8 Å². The Labute approximate surface area is 194 Å². The summed E-state index contributed by atoms with van der Waals surface area (Å²) in [6, 6.07) is 5.68. The third-order valence-corrected chi connectivity index (χ3v) is 5.78. The van der Waals surface area contributed by atoms with Crippen LogP contribution in [0.25, 0.3) is 5.69 Å². The second kappa shape index (κ2) is 10.5. The van der Waals surface area contributed by atoms with Crippen LogP contribution >= 0.6 is 11.8 Å². The molecule has 0 aliphatic rings. The summed E-state index contributed by atoms with van der Waals surface area (Å²) in [6.45, 7) is 4.35. The maximum Gasteiger partial charge on any atom is 0.330 e. The van der Waals surface area contributed by atoms with E-state index in [9.17, 15) is 18.8 Å². The maximum atomic E-state index is 13.7. The third-order valence-electron chi connectivity index (χ3n) is 5.13. The number of nitrogens with two attached hydrogens (primary N) is 1. The maximum absolute atomic E-state index is 13.7. The molecule has 0 aliphatic heterocycles. The Morgan fingerprint density at radius 2 is 1.91 bits per heavy atom. The summed E-state index contributed by atoms with van der Waals surface area (Å²) in [5, 5.41) is 0.524. The van der Waals surface area contributed by atoms with Crippen LogP contribution in [0.2, 0.25) is 0 Å². The number of benzene rings is 1. The molecule has 176 valence electrons. The number of nitrogens with zero attached hydrogens (tertiary/aromatic N) is 4. The fourth-order valence-corrected chi connectivity index (χ4v) is 4.07. The van der Waals surface area contributed by atoms with Gasteiger partial charge in [0.2, 0.25) is 0 Å². The van der Waals surface area contributed by atoms with Crippen LogP contribution in [0.3, 0.4) is 0 Å². The van der Waals surface area contributed by atoms with Crippen molar-refractivity contribution in [2.24, 2.45) is 0 Å². The Morgan fingerprint density at radius 1 is 1.21 bits per heavy atom. The zero-order chi connectivity index (χ0) is 24.1. The summed E-state index contributed by atoms with van der Waals surface area (Å²) in [7, 11) is 0. The molecule has 0 radical (unpaired) electrons. The van der Waals surface area contributed by atoms with Crippen molar-refractivity contribution < 1.29 is 9.18 Å². The minimum absolute atomic E-state index is 0.0584. The number of halogens is 1. The van der Waals surface area contributed by atoms with Crippen molar-refractivity contribution in [2.75, 3.05) is 23.4 Å². The van der Waals surface area contributed by atoms with Gasteiger partial charge in [-0.25, -0.2) is 14.2 Å². The highest BCUT2D eigenvalue weighted by Gasteiger charge is 2.28. The van der Waals surface area contributed by atoms with Gasteiger partial charge in [-0.2, -0.15) is 0 Å². The highest BCUT2D eigenvalue weighted by atomic mass is 32.2. The first-order chi connectivity index (χ1) is 15.8. The molecule has 0 aliphatic carbocycles. The SMILES string of the molecule is CCCCn1c(N)c(N(CCC)C(=O)c2cnc(SC)n2-c2ccc(F)cc2)c(=O)[nH]c1=O. The largest absolute Gasteiger partial charge is 0.383 e. The number of carbonyl (C=O) groups is 1. The first-order valence-corrected chi connectivity index (χ1v) is 11.9. The number of H-pyrrole nitrogens is 1. The van der Waals surface area contributed by atoms with E-state index in [0.29, 0.717) is 30.2 Å². The minimum atomic E-state index is -0.731. The number of amides is 1. The topological polar surface area (TPSA) is 119 Å². The predicted molar refractivity (Wildman–Crippen MR) is 128 cm³/mol. The number of unbranched alkanes of at least 4 members (excludes halogenated alkanes) is 1. The van der Waals surface area contributed by atoms with Gasteiger partial charge < -0.3 is 5.73 Å². The molecule has 0 saturated heterocycles. The van der Waals surface area contributed by atoms with Gasteiger partial charge in [-0.05, 0) is 43.4 Å². The highest BCUT2D eigenvalue weighted by molar-refractivity contribution is 7.98. The molecule has 3 aromatic rings. The van der Waals surface area contributed by atoms with Crippen molar-refractivity contribution in [2.45, 2.75) is 44.8 Å². The van der Waals surface area contributed by atoms with E-state index in [0.717, 1.165) is 6.42 Å². The monoisotopic (exact) mass is 474 g/mol. The molecule has 11 heteroatoms. The third kappa shape index (κ3) is 4.87. The fraction of sp³-hybridized carbons (Fsp3) is 0.364. The zero-order valence-corrected chi connectivity index (χ0v) is 19.6. The lowest BCUT2D eigenvalue weighted by molar-refractivity contribution is 0.0979. The van der Waals surface area contributed by atoms with Gasteiger partial charge in [0.25, 0.3) is 11.5 Å². The van der Waals surface area contributed by atoms with Gasteiger partial charge >= 0.3 is 5.69 Å². The molecular weight excluding hydrogens is 447 g/mol. The summed E-state index contributed by atoms with van der Waals surface area (Å²) in [5.41, 5.74) is 5.57. The molecule has 0 unspecified atom stereocenters. The van der Waals surface area contributed by atoms with E-state index < -0.39 is 23.0 Å². The Morgan fingerprint density at radius 3 is 2.52 bits per heavy atom. The average Bonchev–Trinajstić information content (AvgIpc) is 3.22. The number of aromatic amines is 1. The van der Waals surface area contributed by atoms with E-state index in [-0.39, 0.29) is 23.7 Å². The van der Waals surface area contributed by atoms with Crippen molar-refractivity contribution in [3.8, 4) is 5.69 Å².